The normalized spacial score (nSPS) is 26.6. The highest BCUT2D eigenvalue weighted by Crippen LogP contribution is 2.41. The summed E-state index contributed by atoms with van der Waals surface area (Å²) in [6.45, 7) is 6.91. The molecule has 1 aromatic carbocycles. The first-order valence-electron chi connectivity index (χ1n) is 10.3. The van der Waals surface area contributed by atoms with Crippen molar-refractivity contribution in [3.63, 3.8) is 0 Å². The first-order valence-corrected chi connectivity index (χ1v) is 10.3. The van der Waals surface area contributed by atoms with E-state index in [0.717, 1.165) is 37.1 Å². The van der Waals surface area contributed by atoms with Gasteiger partial charge in [0.1, 0.15) is 5.75 Å². The van der Waals surface area contributed by atoms with Crippen LogP contribution in [0.3, 0.4) is 0 Å². The molecule has 0 radical (unpaired) electrons. The number of halogens is 1. The standard InChI is InChI=1S/C22H33N3O3.ClH/c1-4-5-11-25-19(26)13-18(20(25)16-6-8-17(28-3)9-7-16)21(27)24-12-10-22(2,14-23)15-24;/h6-9,18,20H,4-5,10-15,23H2,1-3H3;1H. The van der Waals surface area contributed by atoms with Crippen LogP contribution >= 0.6 is 12.4 Å². The minimum Gasteiger partial charge on any atom is -0.497 e. The highest BCUT2D eigenvalue weighted by atomic mass is 35.5. The van der Waals surface area contributed by atoms with Gasteiger partial charge in [-0.25, -0.2) is 0 Å². The molecule has 0 saturated carbocycles. The third kappa shape index (κ3) is 4.86. The molecule has 2 heterocycles. The predicted octanol–water partition coefficient (Wildman–Crippen LogP) is 3.00. The van der Waals surface area contributed by atoms with Crippen molar-refractivity contribution in [2.45, 2.75) is 45.6 Å². The third-order valence-electron chi connectivity index (χ3n) is 6.32. The second-order valence-corrected chi connectivity index (χ2v) is 8.49. The van der Waals surface area contributed by atoms with Crippen LogP contribution in [-0.4, -0.2) is 54.9 Å². The Morgan fingerprint density at radius 3 is 2.55 bits per heavy atom. The molecule has 7 heteroatoms. The van der Waals surface area contributed by atoms with Gasteiger partial charge in [-0.2, -0.15) is 0 Å². The van der Waals surface area contributed by atoms with Gasteiger partial charge in [-0.05, 0) is 42.5 Å². The lowest BCUT2D eigenvalue weighted by atomic mass is 9.90. The average Bonchev–Trinajstić information content (AvgIpc) is 3.27. The quantitative estimate of drug-likeness (QED) is 0.731. The monoisotopic (exact) mass is 423 g/mol. The summed E-state index contributed by atoms with van der Waals surface area (Å²) in [5, 5.41) is 0. The van der Waals surface area contributed by atoms with Crippen molar-refractivity contribution in [1.82, 2.24) is 9.80 Å². The van der Waals surface area contributed by atoms with Gasteiger partial charge in [0.25, 0.3) is 0 Å². The van der Waals surface area contributed by atoms with Gasteiger partial charge in [0.05, 0.1) is 19.1 Å². The number of hydrogen-bond acceptors (Lipinski definition) is 4. The van der Waals surface area contributed by atoms with E-state index in [1.54, 1.807) is 7.11 Å². The maximum Gasteiger partial charge on any atom is 0.228 e. The first-order chi connectivity index (χ1) is 13.4. The first kappa shape index (κ1) is 23.5. The van der Waals surface area contributed by atoms with E-state index >= 15 is 0 Å². The highest BCUT2D eigenvalue weighted by molar-refractivity contribution is 5.90. The summed E-state index contributed by atoms with van der Waals surface area (Å²) in [5.41, 5.74) is 6.90. The SMILES string of the molecule is CCCCN1C(=O)CC(C(=O)N2CCC(C)(CN)C2)C1c1ccc(OC)cc1.Cl. The van der Waals surface area contributed by atoms with Crippen molar-refractivity contribution >= 4 is 24.2 Å². The fourth-order valence-corrected chi connectivity index (χ4v) is 4.43. The Morgan fingerprint density at radius 2 is 2.00 bits per heavy atom. The molecule has 2 fully saturated rings. The molecular formula is C22H34ClN3O3. The molecular weight excluding hydrogens is 390 g/mol. The molecule has 29 heavy (non-hydrogen) atoms. The smallest absolute Gasteiger partial charge is 0.228 e. The summed E-state index contributed by atoms with van der Waals surface area (Å²) in [4.78, 5) is 30.0. The van der Waals surface area contributed by atoms with Crippen LogP contribution < -0.4 is 10.5 Å². The number of unbranched alkanes of at least 4 members (excludes halogenated alkanes) is 1. The summed E-state index contributed by atoms with van der Waals surface area (Å²) < 4.78 is 5.27. The Balaban J connectivity index is 0.00000300. The molecule has 1 aromatic rings. The number of likely N-dealkylation sites (tertiary alicyclic amines) is 2. The second kappa shape index (κ2) is 9.81. The average molecular weight is 424 g/mol. The van der Waals surface area contributed by atoms with Crippen LogP contribution in [0.5, 0.6) is 5.75 Å². The van der Waals surface area contributed by atoms with Crippen molar-refractivity contribution in [2.24, 2.45) is 17.1 Å². The topological polar surface area (TPSA) is 75.9 Å². The van der Waals surface area contributed by atoms with Crippen LogP contribution in [-0.2, 0) is 9.59 Å². The molecule has 3 rings (SSSR count). The van der Waals surface area contributed by atoms with Crippen LogP contribution in [0.25, 0.3) is 0 Å². The van der Waals surface area contributed by atoms with Crippen molar-refractivity contribution in [2.75, 3.05) is 33.3 Å². The number of nitrogens with zero attached hydrogens (tertiary/aromatic N) is 2. The third-order valence-corrected chi connectivity index (χ3v) is 6.32. The minimum absolute atomic E-state index is 0. The van der Waals surface area contributed by atoms with Gasteiger partial charge in [-0.1, -0.05) is 32.4 Å². The van der Waals surface area contributed by atoms with E-state index in [9.17, 15) is 9.59 Å². The van der Waals surface area contributed by atoms with Gasteiger partial charge in [-0.3, -0.25) is 9.59 Å². The molecule has 2 amide bonds. The number of nitrogens with two attached hydrogens (primary N) is 1. The van der Waals surface area contributed by atoms with Gasteiger partial charge >= 0.3 is 0 Å². The van der Waals surface area contributed by atoms with E-state index in [2.05, 4.69) is 13.8 Å². The molecule has 2 aliphatic heterocycles. The van der Waals surface area contributed by atoms with Crippen LogP contribution in [0.2, 0.25) is 0 Å². The Morgan fingerprint density at radius 1 is 1.31 bits per heavy atom. The van der Waals surface area contributed by atoms with Gasteiger partial charge in [0.15, 0.2) is 0 Å². The minimum atomic E-state index is -0.335. The maximum atomic E-state index is 13.4. The van der Waals surface area contributed by atoms with Gasteiger partial charge < -0.3 is 20.3 Å². The van der Waals surface area contributed by atoms with Crippen molar-refractivity contribution < 1.29 is 14.3 Å². The molecule has 0 bridgehead atoms. The fourth-order valence-electron chi connectivity index (χ4n) is 4.43. The summed E-state index contributed by atoms with van der Waals surface area (Å²) >= 11 is 0. The van der Waals surface area contributed by atoms with Gasteiger partial charge in [0.2, 0.25) is 11.8 Å². The summed E-state index contributed by atoms with van der Waals surface area (Å²) in [7, 11) is 1.63. The molecule has 6 nitrogen and oxygen atoms in total. The lowest BCUT2D eigenvalue weighted by Crippen LogP contribution is -2.40. The van der Waals surface area contributed by atoms with E-state index in [0.29, 0.717) is 19.6 Å². The van der Waals surface area contributed by atoms with E-state index in [1.165, 1.54) is 0 Å². The van der Waals surface area contributed by atoms with E-state index in [-0.39, 0.29) is 48.0 Å². The number of ether oxygens (including phenoxy) is 1. The molecule has 2 aliphatic rings. The number of amides is 2. The number of hydrogen-bond donors (Lipinski definition) is 1. The fraction of sp³-hybridized carbons (Fsp3) is 0.636. The lowest BCUT2D eigenvalue weighted by Gasteiger charge is -2.31. The molecule has 2 saturated heterocycles. The molecule has 0 aromatic heterocycles. The Kier molecular flexibility index (Phi) is 7.94. The Bertz CT molecular complexity index is 712. The van der Waals surface area contributed by atoms with Gasteiger partial charge in [0, 0.05) is 26.1 Å². The van der Waals surface area contributed by atoms with Gasteiger partial charge in [-0.15, -0.1) is 12.4 Å². The highest BCUT2D eigenvalue weighted by Gasteiger charge is 2.47. The van der Waals surface area contributed by atoms with Crippen molar-refractivity contribution in [1.29, 1.82) is 0 Å². The number of benzene rings is 1. The van der Waals surface area contributed by atoms with Crippen LogP contribution in [0.15, 0.2) is 24.3 Å². The van der Waals surface area contributed by atoms with E-state index in [4.69, 9.17) is 10.5 Å². The van der Waals surface area contributed by atoms with Crippen molar-refractivity contribution in [3.8, 4) is 5.75 Å². The Labute approximate surface area is 180 Å². The molecule has 3 unspecified atom stereocenters. The van der Waals surface area contributed by atoms with Crippen LogP contribution in [0, 0.1) is 11.3 Å². The van der Waals surface area contributed by atoms with Crippen molar-refractivity contribution in [3.05, 3.63) is 29.8 Å². The molecule has 0 spiro atoms. The lowest BCUT2D eigenvalue weighted by molar-refractivity contribution is -0.135. The molecule has 3 atom stereocenters. The number of carbonyl (C=O) groups is 2. The number of rotatable bonds is 7. The largest absolute Gasteiger partial charge is 0.497 e. The molecule has 0 aliphatic carbocycles. The molecule has 2 N–H and O–H groups in total. The second-order valence-electron chi connectivity index (χ2n) is 8.49. The van der Waals surface area contributed by atoms with Crippen LogP contribution in [0.4, 0.5) is 0 Å². The van der Waals surface area contributed by atoms with E-state index in [1.807, 2.05) is 34.1 Å². The summed E-state index contributed by atoms with van der Waals surface area (Å²) in [6.07, 6.45) is 3.16. The maximum absolute atomic E-state index is 13.4. The zero-order valence-electron chi connectivity index (χ0n) is 17.7. The summed E-state index contributed by atoms with van der Waals surface area (Å²) in [5.74, 6) is 0.603. The zero-order chi connectivity index (χ0) is 20.3. The Hall–Kier alpha value is -1.79. The molecule has 162 valence electrons. The summed E-state index contributed by atoms with van der Waals surface area (Å²) in [6, 6.07) is 7.56. The number of methoxy groups -OCH3 is 1. The number of carbonyl (C=O) groups excluding carboxylic acids is 2. The predicted molar refractivity (Wildman–Crippen MR) is 116 cm³/mol. The van der Waals surface area contributed by atoms with Crippen LogP contribution in [0.1, 0.15) is 51.1 Å². The zero-order valence-corrected chi connectivity index (χ0v) is 18.5. The van der Waals surface area contributed by atoms with E-state index < -0.39 is 0 Å².